The van der Waals surface area contributed by atoms with Gasteiger partial charge in [-0.25, -0.2) is 9.13 Å². The van der Waals surface area contributed by atoms with Crippen LogP contribution in [0.25, 0.3) is 0 Å². The molecule has 2 nitrogen and oxygen atoms in total. The lowest BCUT2D eigenvalue weighted by Gasteiger charge is -2.31. The fourth-order valence-corrected chi connectivity index (χ4v) is 3.85. The highest BCUT2D eigenvalue weighted by Crippen LogP contribution is 2.32. The second-order valence-electron chi connectivity index (χ2n) is 10.3. The smallest absolute Gasteiger partial charge is 0.232 e. The predicted molar refractivity (Wildman–Crippen MR) is 91.4 cm³/mol. The van der Waals surface area contributed by atoms with Crippen LogP contribution in [0.5, 0.6) is 0 Å². The van der Waals surface area contributed by atoms with E-state index < -0.39 is 0 Å². The van der Waals surface area contributed by atoms with Crippen molar-refractivity contribution < 1.29 is 4.57 Å². The number of imidazole rings is 1. The van der Waals surface area contributed by atoms with Crippen molar-refractivity contribution in [2.45, 2.75) is 93.2 Å². The Morgan fingerprint density at radius 3 is 1.67 bits per heavy atom. The van der Waals surface area contributed by atoms with E-state index >= 15 is 0 Å². The molecule has 122 valence electrons. The molecule has 0 aliphatic heterocycles. The lowest BCUT2D eigenvalue weighted by Crippen LogP contribution is -2.53. The average molecular weight is 294 g/mol. The summed E-state index contributed by atoms with van der Waals surface area (Å²) in [6.45, 7) is 23.2. The quantitative estimate of drug-likeness (QED) is 0.681. The largest absolute Gasteiger partial charge is 0.244 e. The summed E-state index contributed by atoms with van der Waals surface area (Å²) in [5.74, 6) is 0. The maximum atomic E-state index is 2.38. The first-order chi connectivity index (χ1) is 9.12. The number of rotatable bonds is 4. The molecule has 0 saturated heterocycles. The molecule has 0 fully saturated rings. The maximum absolute atomic E-state index is 2.38. The van der Waals surface area contributed by atoms with Gasteiger partial charge in [0.05, 0.1) is 0 Å². The van der Waals surface area contributed by atoms with Gasteiger partial charge in [0.1, 0.15) is 23.5 Å². The molecule has 0 spiro atoms. The Morgan fingerprint density at radius 1 is 0.762 bits per heavy atom. The number of hydrogen-bond donors (Lipinski definition) is 0. The van der Waals surface area contributed by atoms with Crippen LogP contribution in [-0.2, 0) is 11.1 Å². The predicted octanol–water partition coefficient (Wildman–Crippen LogP) is 5.12. The Labute approximate surface area is 132 Å². The van der Waals surface area contributed by atoms with E-state index in [1.54, 1.807) is 0 Å². The Kier molecular flexibility index (Phi) is 4.73. The van der Waals surface area contributed by atoms with E-state index in [2.05, 4.69) is 97.1 Å². The monoisotopic (exact) mass is 293 g/mol. The van der Waals surface area contributed by atoms with Crippen molar-refractivity contribution in [3.63, 3.8) is 0 Å². The second kappa shape index (κ2) is 5.44. The van der Waals surface area contributed by atoms with Crippen molar-refractivity contribution >= 4 is 0 Å². The van der Waals surface area contributed by atoms with E-state index in [1.165, 1.54) is 0 Å². The summed E-state index contributed by atoms with van der Waals surface area (Å²) < 4.78 is 4.76. The SMILES string of the molecule is CC(C)(C)CC(C)(C)n1cc[n+](C(C)(C)CC(C)(C)C)c1. The van der Waals surface area contributed by atoms with Crippen LogP contribution in [0.1, 0.15) is 82.1 Å². The lowest BCUT2D eigenvalue weighted by atomic mass is 9.81. The maximum Gasteiger partial charge on any atom is 0.244 e. The highest BCUT2D eigenvalue weighted by Gasteiger charge is 2.35. The molecule has 0 aliphatic carbocycles. The van der Waals surface area contributed by atoms with Crippen LogP contribution in [0.15, 0.2) is 18.7 Å². The van der Waals surface area contributed by atoms with Gasteiger partial charge in [0.25, 0.3) is 0 Å². The van der Waals surface area contributed by atoms with Crippen LogP contribution in [-0.4, -0.2) is 4.57 Å². The average Bonchev–Trinajstić information content (AvgIpc) is 2.57. The minimum absolute atomic E-state index is 0.140. The van der Waals surface area contributed by atoms with E-state index in [4.69, 9.17) is 0 Å². The molecule has 0 unspecified atom stereocenters. The van der Waals surface area contributed by atoms with Gasteiger partial charge in [-0.3, -0.25) is 0 Å². The molecule has 1 aromatic rings. The summed E-state index contributed by atoms with van der Waals surface area (Å²) in [6, 6.07) is 0. The van der Waals surface area contributed by atoms with Gasteiger partial charge in [-0.05, 0) is 51.4 Å². The van der Waals surface area contributed by atoms with Crippen molar-refractivity contribution in [2.24, 2.45) is 10.8 Å². The van der Waals surface area contributed by atoms with Crippen molar-refractivity contribution in [1.82, 2.24) is 4.57 Å². The van der Waals surface area contributed by atoms with E-state index in [9.17, 15) is 0 Å². The van der Waals surface area contributed by atoms with Crippen LogP contribution in [0.3, 0.4) is 0 Å². The first-order valence-corrected chi connectivity index (χ1v) is 8.23. The fourth-order valence-electron chi connectivity index (χ4n) is 3.85. The van der Waals surface area contributed by atoms with Gasteiger partial charge in [0.15, 0.2) is 0 Å². The van der Waals surface area contributed by atoms with Crippen LogP contribution in [0, 0.1) is 10.8 Å². The molecular weight excluding hydrogens is 256 g/mol. The summed E-state index contributed by atoms with van der Waals surface area (Å²) in [4.78, 5) is 0. The molecule has 0 atom stereocenters. The molecule has 0 radical (unpaired) electrons. The summed E-state index contributed by atoms with van der Waals surface area (Å²) in [5, 5.41) is 0. The topological polar surface area (TPSA) is 8.81 Å². The second-order valence-corrected chi connectivity index (χ2v) is 10.3. The van der Waals surface area contributed by atoms with E-state index in [-0.39, 0.29) is 11.1 Å². The van der Waals surface area contributed by atoms with Gasteiger partial charge < -0.3 is 0 Å². The van der Waals surface area contributed by atoms with Gasteiger partial charge in [-0.15, -0.1) is 0 Å². The molecule has 1 heterocycles. The Hall–Kier alpha value is -0.790. The minimum atomic E-state index is 0.140. The van der Waals surface area contributed by atoms with Gasteiger partial charge >= 0.3 is 0 Å². The molecule has 0 N–H and O–H groups in total. The normalized spacial score (nSPS) is 14.6. The van der Waals surface area contributed by atoms with Crippen LogP contribution in [0.2, 0.25) is 0 Å². The third-order valence-corrected chi connectivity index (χ3v) is 3.96. The molecular formula is C19H37N2+. The molecule has 0 amide bonds. The fraction of sp³-hybridized carbons (Fsp3) is 0.842. The summed E-state index contributed by atoms with van der Waals surface area (Å²) in [6.07, 6.45) is 9.08. The molecule has 0 bridgehead atoms. The van der Waals surface area contributed by atoms with Crippen LogP contribution >= 0.6 is 0 Å². The van der Waals surface area contributed by atoms with Crippen LogP contribution < -0.4 is 4.57 Å². The molecule has 2 heteroatoms. The van der Waals surface area contributed by atoms with Crippen LogP contribution in [0.4, 0.5) is 0 Å². The summed E-state index contributed by atoms with van der Waals surface area (Å²) in [7, 11) is 0. The lowest BCUT2D eigenvalue weighted by molar-refractivity contribution is -0.760. The first-order valence-electron chi connectivity index (χ1n) is 8.23. The third-order valence-electron chi connectivity index (χ3n) is 3.96. The van der Waals surface area contributed by atoms with Gasteiger partial charge in [-0.2, -0.15) is 0 Å². The number of nitrogens with zero attached hydrogens (tertiary/aromatic N) is 2. The zero-order chi connectivity index (χ0) is 16.7. The standard InChI is InChI=1S/C19H37N2/c1-16(2,3)13-18(7,8)20-11-12-21(15-20)19(9,10)14-17(4,5)6/h11-12,15H,13-14H2,1-10H3/q+1. The summed E-state index contributed by atoms with van der Waals surface area (Å²) in [5.41, 5.74) is 0.946. The number of hydrogen-bond acceptors (Lipinski definition) is 0. The summed E-state index contributed by atoms with van der Waals surface area (Å²) >= 11 is 0. The third kappa shape index (κ3) is 5.48. The minimum Gasteiger partial charge on any atom is -0.232 e. The zero-order valence-electron chi connectivity index (χ0n) is 16.0. The van der Waals surface area contributed by atoms with Gasteiger partial charge in [-0.1, -0.05) is 41.5 Å². The Balaban J connectivity index is 3.00. The van der Waals surface area contributed by atoms with Crippen molar-refractivity contribution in [3.05, 3.63) is 18.7 Å². The van der Waals surface area contributed by atoms with Gasteiger partial charge in [0.2, 0.25) is 6.33 Å². The molecule has 21 heavy (non-hydrogen) atoms. The van der Waals surface area contributed by atoms with E-state index in [0.717, 1.165) is 12.8 Å². The molecule has 0 aliphatic rings. The first kappa shape index (κ1) is 18.3. The van der Waals surface area contributed by atoms with Crippen molar-refractivity contribution in [3.8, 4) is 0 Å². The van der Waals surface area contributed by atoms with E-state index in [0.29, 0.717) is 10.8 Å². The zero-order valence-corrected chi connectivity index (χ0v) is 16.0. The number of aromatic nitrogens is 2. The Morgan fingerprint density at radius 2 is 1.24 bits per heavy atom. The van der Waals surface area contributed by atoms with Crippen molar-refractivity contribution in [1.29, 1.82) is 0 Å². The highest BCUT2D eigenvalue weighted by atomic mass is 15.2. The van der Waals surface area contributed by atoms with Gasteiger partial charge in [0, 0.05) is 0 Å². The highest BCUT2D eigenvalue weighted by molar-refractivity contribution is 4.87. The molecule has 1 aromatic heterocycles. The van der Waals surface area contributed by atoms with E-state index in [1.807, 2.05) is 0 Å². The molecule has 0 saturated carbocycles. The molecule has 1 rings (SSSR count). The molecule has 0 aromatic carbocycles. The Bertz CT molecular complexity index is 422. The van der Waals surface area contributed by atoms with Crippen molar-refractivity contribution in [2.75, 3.05) is 0 Å².